The van der Waals surface area contributed by atoms with Crippen LogP contribution in [0.15, 0.2) is 72.9 Å². The average Bonchev–Trinajstić information content (AvgIpc) is 1.58. The summed E-state index contributed by atoms with van der Waals surface area (Å²) >= 11 is 0. The molecule has 11 N–H and O–H groups in total. The third-order valence-corrected chi connectivity index (χ3v) is 15.1. The van der Waals surface area contributed by atoms with E-state index in [0.29, 0.717) is 163 Å². The second-order valence-corrected chi connectivity index (χ2v) is 21.6. The first kappa shape index (κ1) is 67.3. The number of anilines is 4. The minimum absolute atomic E-state index is 0.00303. The van der Waals surface area contributed by atoms with Gasteiger partial charge in [0.1, 0.15) is 24.1 Å². The Morgan fingerprint density at radius 1 is 0.739 bits per heavy atom. The topological polar surface area (TPSA) is 393 Å². The monoisotopic (exact) mass is 1270 g/mol. The van der Waals surface area contributed by atoms with Gasteiger partial charge in [-0.05, 0) is 61.0 Å². The van der Waals surface area contributed by atoms with Crippen LogP contribution < -0.4 is 47.8 Å². The summed E-state index contributed by atoms with van der Waals surface area (Å²) in [7, 11) is 1.83. The number of carboxylic acids is 1. The maximum absolute atomic E-state index is 13.9. The van der Waals surface area contributed by atoms with Crippen LogP contribution in [0, 0.1) is 0 Å². The number of benzene rings is 3. The number of ether oxygens (including phenoxy) is 7. The van der Waals surface area contributed by atoms with Crippen molar-refractivity contribution in [2.45, 2.75) is 25.4 Å². The molecule has 92 heavy (non-hydrogen) atoms. The maximum atomic E-state index is 13.9. The van der Waals surface area contributed by atoms with Gasteiger partial charge in [-0.2, -0.15) is 15.1 Å². The van der Waals surface area contributed by atoms with Crippen molar-refractivity contribution in [3.8, 4) is 28.3 Å². The van der Waals surface area contributed by atoms with Crippen LogP contribution in [0.2, 0.25) is 0 Å². The first-order chi connectivity index (χ1) is 44.8. The van der Waals surface area contributed by atoms with Crippen LogP contribution in [-0.2, 0) is 49.3 Å². The van der Waals surface area contributed by atoms with E-state index in [1.165, 1.54) is 0 Å². The molecule has 5 heterocycles. The predicted octanol–water partition coefficient (Wildman–Crippen LogP) is 1.17. The number of H-pyrrole nitrogens is 1. The normalized spacial score (nSPS) is 14.5. The highest BCUT2D eigenvalue weighted by molar-refractivity contribution is 6.27. The molecule has 6 aromatic rings. The van der Waals surface area contributed by atoms with E-state index in [-0.39, 0.29) is 66.6 Å². The summed E-state index contributed by atoms with van der Waals surface area (Å²) in [4.78, 5) is 99.7. The number of hydrazine groups is 1. The molecule has 1 aliphatic carbocycles. The van der Waals surface area contributed by atoms with Crippen molar-refractivity contribution in [2.24, 2.45) is 0 Å². The molecular weight excluding hydrogens is 1190 g/mol. The number of carbonyl (C=O) groups excluding carboxylic acids is 5. The summed E-state index contributed by atoms with van der Waals surface area (Å²) in [6, 6.07) is 17.7. The third kappa shape index (κ3) is 19.7. The summed E-state index contributed by atoms with van der Waals surface area (Å²) in [6.45, 7) is 11.3. The van der Waals surface area contributed by atoms with Gasteiger partial charge < -0.3 is 75.9 Å². The number of urea groups is 1. The lowest BCUT2D eigenvalue weighted by molar-refractivity contribution is -0.139. The number of rotatable bonds is 36. The van der Waals surface area contributed by atoms with Crippen LogP contribution in [0.3, 0.4) is 0 Å². The summed E-state index contributed by atoms with van der Waals surface area (Å²) in [5, 5.41) is 30.0. The molecule has 492 valence electrons. The van der Waals surface area contributed by atoms with Crippen molar-refractivity contribution in [3.05, 3.63) is 95.3 Å². The molecule has 3 aromatic heterocycles. The van der Waals surface area contributed by atoms with Gasteiger partial charge in [0.15, 0.2) is 22.8 Å². The molecule has 9 rings (SSSR count). The van der Waals surface area contributed by atoms with Gasteiger partial charge in [-0.25, -0.2) is 24.6 Å². The fourth-order valence-corrected chi connectivity index (χ4v) is 10.2. The fourth-order valence-electron chi connectivity index (χ4n) is 10.2. The zero-order chi connectivity index (χ0) is 64.6. The van der Waals surface area contributed by atoms with Gasteiger partial charge in [0, 0.05) is 94.7 Å². The average molecular weight is 1270 g/mol. The molecule has 2 saturated heterocycles. The first-order valence-corrected chi connectivity index (χ1v) is 30.4. The second-order valence-electron chi connectivity index (χ2n) is 21.6. The van der Waals surface area contributed by atoms with Crippen LogP contribution >= 0.6 is 0 Å². The van der Waals surface area contributed by atoms with E-state index in [0.717, 1.165) is 44.0 Å². The molecule has 0 bridgehead atoms. The molecule has 31 nitrogen and oxygen atoms in total. The van der Waals surface area contributed by atoms with E-state index < -0.39 is 23.9 Å². The number of amides is 5. The van der Waals surface area contributed by atoms with Gasteiger partial charge in [-0.15, -0.1) is 0 Å². The van der Waals surface area contributed by atoms with E-state index in [2.05, 4.69) is 66.6 Å². The maximum Gasteiger partial charge on any atom is 0.333 e. The predicted molar refractivity (Wildman–Crippen MR) is 337 cm³/mol. The second kappa shape index (κ2) is 34.4. The molecule has 1 atom stereocenters. The number of nitrogen functional groups attached to an aromatic ring is 2. The number of morpholine rings is 1. The minimum atomic E-state index is -1.28. The highest BCUT2D eigenvalue weighted by Gasteiger charge is 2.35. The third-order valence-electron chi connectivity index (χ3n) is 15.1. The fraction of sp³-hybridized carbons (Fsp3) is 0.459. The Hall–Kier alpha value is -9.05. The molecule has 2 fully saturated rings. The van der Waals surface area contributed by atoms with Gasteiger partial charge in [0.05, 0.1) is 127 Å². The number of nitrogens with one attached hydrogen (secondary N) is 6. The number of hydrogen-bond acceptors (Lipinski definition) is 24. The number of hydrogen-bond donors (Lipinski definition) is 9. The summed E-state index contributed by atoms with van der Waals surface area (Å²) in [5.74, 6) is -1.69. The van der Waals surface area contributed by atoms with E-state index in [1.54, 1.807) is 47.6 Å². The van der Waals surface area contributed by atoms with E-state index in [4.69, 9.17) is 44.6 Å². The van der Waals surface area contributed by atoms with Crippen LogP contribution in [0.4, 0.5) is 27.9 Å². The summed E-state index contributed by atoms with van der Waals surface area (Å²) in [6.07, 6.45) is 1.32. The number of nitrogens with zero attached hydrogens (tertiary/aromatic N) is 9. The summed E-state index contributed by atoms with van der Waals surface area (Å²) < 4.78 is 39.2. The molecule has 3 aliphatic rings. The minimum Gasteiger partial charge on any atom is -0.492 e. The lowest BCUT2D eigenvalue weighted by Gasteiger charge is -2.34. The molecule has 5 amide bonds. The lowest BCUT2D eigenvalue weighted by atomic mass is 10.0. The molecule has 0 saturated carbocycles. The Morgan fingerprint density at radius 3 is 2.04 bits per heavy atom. The number of fused-ring (bicyclic) bond motifs is 4. The largest absolute Gasteiger partial charge is 0.492 e. The molecule has 0 spiro atoms. The molecular formula is C61H79N17O14. The number of aromatic nitrogens is 6. The Balaban J connectivity index is 0.520. The van der Waals surface area contributed by atoms with E-state index in [9.17, 15) is 33.9 Å². The molecule has 0 radical (unpaired) electrons. The van der Waals surface area contributed by atoms with Gasteiger partial charge in [0.25, 0.3) is 5.91 Å². The van der Waals surface area contributed by atoms with E-state index in [1.807, 2.05) is 42.3 Å². The number of aromatic amines is 1. The van der Waals surface area contributed by atoms with Crippen LogP contribution in [0.1, 0.15) is 44.8 Å². The van der Waals surface area contributed by atoms with Crippen molar-refractivity contribution in [3.63, 3.8) is 0 Å². The Morgan fingerprint density at radius 2 is 1.38 bits per heavy atom. The molecule has 31 heteroatoms. The van der Waals surface area contributed by atoms with Crippen LogP contribution in [0.25, 0.3) is 33.7 Å². The smallest absolute Gasteiger partial charge is 0.333 e. The SMILES string of the molecule is CN(Cc1cnc2nc(N)nc(N)c2n1)c1ccc(C(=O)NC(CCC(=O)NCCOCCOCCOCCOCCOCCNC(=O)CN2CCN(CCOc3ccc(-c4n[nH]c5c4C(=O)c4c(NC(=O)NN6CCOCC6)cccc4-5)cc3)CC2)C(=O)O)cc1. The number of carbonyl (C=O) groups is 6. The number of nitrogens with two attached hydrogens (primary N) is 2. The summed E-state index contributed by atoms with van der Waals surface area (Å²) in [5.41, 5.74) is 20.5. The van der Waals surface area contributed by atoms with Gasteiger partial charge >= 0.3 is 12.0 Å². The Labute approximate surface area is 530 Å². The highest BCUT2D eigenvalue weighted by atomic mass is 16.6. The quantitative estimate of drug-likeness (QED) is 0.0249. The lowest BCUT2D eigenvalue weighted by Crippen LogP contribution is -2.50. The van der Waals surface area contributed by atoms with E-state index >= 15 is 0 Å². The van der Waals surface area contributed by atoms with Gasteiger partial charge in [-0.1, -0.05) is 12.1 Å². The van der Waals surface area contributed by atoms with Crippen molar-refractivity contribution in [1.82, 2.24) is 66.3 Å². The van der Waals surface area contributed by atoms with Gasteiger partial charge in [-0.3, -0.25) is 39.5 Å². The van der Waals surface area contributed by atoms with Crippen molar-refractivity contribution >= 4 is 69.8 Å². The highest BCUT2D eigenvalue weighted by Crippen LogP contribution is 2.43. The number of aliphatic carboxylic acids is 1. The number of carboxylic acid groups (broad SMARTS) is 1. The first-order valence-electron chi connectivity index (χ1n) is 30.4. The van der Waals surface area contributed by atoms with Crippen molar-refractivity contribution < 1.29 is 67.0 Å². The Kier molecular flexibility index (Phi) is 25.2. The number of piperazine rings is 1. The van der Waals surface area contributed by atoms with Gasteiger partial charge in [0.2, 0.25) is 17.8 Å². The van der Waals surface area contributed by atoms with Crippen LogP contribution in [-0.4, -0.2) is 250 Å². The zero-order valence-corrected chi connectivity index (χ0v) is 51.3. The van der Waals surface area contributed by atoms with Crippen molar-refractivity contribution in [2.75, 3.05) is 180 Å². The Bertz CT molecular complexity index is 3440. The van der Waals surface area contributed by atoms with Crippen LogP contribution in [0.5, 0.6) is 5.75 Å². The van der Waals surface area contributed by atoms with Crippen molar-refractivity contribution in [1.29, 1.82) is 0 Å². The zero-order valence-electron chi connectivity index (χ0n) is 51.3. The molecule has 1 unspecified atom stereocenters. The number of ketones is 1. The molecule has 2 aliphatic heterocycles. The molecule has 3 aromatic carbocycles. The standard InChI is InChI=1S/C61H79N17O14/c1-75(38-42-37-66-57-54(67-42)56(62)70-60(63)71-57)43-9-5-41(6-10-43)58(82)68-47(59(83)84)13-14-48(79)64-15-24-86-29-31-89-33-35-91-36-34-90-32-30-87-25-16-65-49(80)39-77-19-17-76(18-20-77)21-28-92-44-11-7-40(8-12-44)52-51-53(73-72-52)45-3-2-4-46(50(45)55(51)81)69-61(85)74-78-22-26-88-27-23-78/h2-12,37,47H,13-36,38-39H2,1H3,(H,64,79)(H,65,80)(H,68,82)(H,72,73)(H,83,84)(H2,69,74,85)(H4,62,63,66,70,71).